The Bertz CT molecular complexity index is 1520. The van der Waals surface area contributed by atoms with Gasteiger partial charge < -0.3 is 28.3 Å². The monoisotopic (exact) mass is 674 g/mol. The third-order valence-electron chi connectivity index (χ3n) is 9.53. The molecule has 3 atom stereocenters. The van der Waals surface area contributed by atoms with Gasteiger partial charge in [0.15, 0.2) is 0 Å². The van der Waals surface area contributed by atoms with Gasteiger partial charge in [-0.1, -0.05) is 97.9 Å². The Balaban J connectivity index is 1.47. The lowest BCUT2D eigenvalue weighted by Gasteiger charge is -2.51. The van der Waals surface area contributed by atoms with Crippen LogP contribution in [0.15, 0.2) is 78.9 Å². The molecule has 5 rings (SSSR count). The van der Waals surface area contributed by atoms with Crippen LogP contribution in [0.3, 0.4) is 0 Å². The summed E-state index contributed by atoms with van der Waals surface area (Å²) in [6.45, 7) is 18.2. The first-order valence-electron chi connectivity index (χ1n) is 16.9. The number of carbonyl (C=O) groups is 2. The maximum absolute atomic E-state index is 13.3. The van der Waals surface area contributed by atoms with E-state index in [0.29, 0.717) is 35.5 Å². The second-order valence-electron chi connectivity index (χ2n) is 14.0. The maximum Gasteiger partial charge on any atom is 0.335 e. The molecule has 2 fully saturated rings. The zero-order valence-corrected chi connectivity index (χ0v) is 30.9. The zero-order valence-electron chi connectivity index (χ0n) is 28.9. The van der Waals surface area contributed by atoms with Crippen LogP contribution in [0.25, 0.3) is 0 Å². The molecule has 0 radical (unpaired) electrons. The number of fused-ring (bicyclic) bond motifs is 1. The van der Waals surface area contributed by atoms with Gasteiger partial charge in [0.05, 0.1) is 30.2 Å². The van der Waals surface area contributed by atoms with E-state index in [9.17, 15) is 9.59 Å². The molecule has 2 amide bonds. The Morgan fingerprint density at radius 3 is 1.68 bits per heavy atom. The fourth-order valence-corrected chi connectivity index (χ4v) is 18.1. The minimum Gasteiger partial charge on any atom is -0.414 e. The van der Waals surface area contributed by atoms with Crippen LogP contribution in [-0.2, 0) is 17.7 Å². The van der Waals surface area contributed by atoms with Crippen molar-refractivity contribution in [3.63, 3.8) is 0 Å². The third kappa shape index (κ3) is 7.33. The van der Waals surface area contributed by atoms with Gasteiger partial charge in [0.2, 0.25) is 0 Å². The number of rotatable bonds is 9. The SMILES string of the molecule is CC(C)[Si]1(C(C)C)OC[C@H]2O[C@@H](c3ccc(NC(=O)c4ccccc4)c(NC(=O)c4ccccc4)c3)C[C@@H]2O[Si](C(C)C)(C(C)C)O1. The normalized spacial score (nSPS) is 22.2. The Kier molecular flexibility index (Phi) is 10.9. The first-order valence-corrected chi connectivity index (χ1v) is 20.8. The summed E-state index contributed by atoms with van der Waals surface area (Å²) in [6.07, 6.45) is -0.108. The van der Waals surface area contributed by atoms with Crippen LogP contribution in [0.4, 0.5) is 11.4 Å². The van der Waals surface area contributed by atoms with Crippen LogP contribution in [0.5, 0.6) is 0 Å². The molecule has 3 aromatic rings. The molecule has 2 aliphatic rings. The van der Waals surface area contributed by atoms with Crippen molar-refractivity contribution in [2.24, 2.45) is 0 Å². The lowest BCUT2D eigenvalue weighted by Crippen LogP contribution is -2.65. The fourth-order valence-electron chi connectivity index (χ4n) is 6.91. The third-order valence-corrected chi connectivity index (χ3v) is 19.8. The lowest BCUT2D eigenvalue weighted by molar-refractivity contribution is -0.0385. The van der Waals surface area contributed by atoms with E-state index in [-0.39, 0.29) is 52.3 Å². The van der Waals surface area contributed by atoms with Gasteiger partial charge in [-0.05, 0) is 64.1 Å². The van der Waals surface area contributed by atoms with Crippen LogP contribution in [0.2, 0.25) is 22.2 Å². The van der Waals surface area contributed by atoms with Crippen molar-refractivity contribution >= 4 is 40.3 Å². The van der Waals surface area contributed by atoms with E-state index in [0.717, 1.165) is 5.56 Å². The zero-order chi connectivity index (χ0) is 33.9. The van der Waals surface area contributed by atoms with E-state index in [1.807, 2.05) is 54.6 Å². The van der Waals surface area contributed by atoms with Gasteiger partial charge >= 0.3 is 17.1 Å². The molecule has 0 spiro atoms. The molecule has 252 valence electrons. The van der Waals surface area contributed by atoms with Crippen LogP contribution < -0.4 is 10.6 Å². The van der Waals surface area contributed by atoms with Crippen molar-refractivity contribution in [1.29, 1.82) is 0 Å². The first-order chi connectivity index (χ1) is 22.4. The highest BCUT2D eigenvalue weighted by Crippen LogP contribution is 2.49. The van der Waals surface area contributed by atoms with Crippen molar-refractivity contribution in [3.05, 3.63) is 95.6 Å². The molecule has 0 saturated carbocycles. The van der Waals surface area contributed by atoms with Crippen LogP contribution in [0.1, 0.15) is 94.2 Å². The molecule has 0 aliphatic carbocycles. The Morgan fingerprint density at radius 1 is 0.660 bits per heavy atom. The highest BCUT2D eigenvalue weighted by molar-refractivity contribution is 6.84. The van der Waals surface area contributed by atoms with Crippen LogP contribution >= 0.6 is 0 Å². The molecule has 0 unspecified atom stereocenters. The number of amides is 2. The van der Waals surface area contributed by atoms with Crippen molar-refractivity contribution in [3.8, 4) is 0 Å². The number of ether oxygens (including phenoxy) is 1. The summed E-state index contributed by atoms with van der Waals surface area (Å²) in [7, 11) is -5.46. The van der Waals surface area contributed by atoms with Crippen LogP contribution in [0, 0.1) is 0 Å². The Hall–Kier alpha value is -3.13. The quantitative estimate of drug-likeness (QED) is 0.220. The van der Waals surface area contributed by atoms with Crippen molar-refractivity contribution in [2.75, 3.05) is 17.2 Å². The largest absolute Gasteiger partial charge is 0.414 e. The molecule has 8 nitrogen and oxygen atoms in total. The van der Waals surface area contributed by atoms with E-state index in [1.54, 1.807) is 24.3 Å². The molecule has 47 heavy (non-hydrogen) atoms. The van der Waals surface area contributed by atoms with Gasteiger partial charge in [0.1, 0.15) is 6.10 Å². The number of hydrogen-bond acceptors (Lipinski definition) is 6. The van der Waals surface area contributed by atoms with E-state index in [2.05, 4.69) is 66.0 Å². The van der Waals surface area contributed by atoms with Gasteiger partial charge in [-0.15, -0.1) is 0 Å². The molecule has 0 aromatic heterocycles. The molecule has 3 aromatic carbocycles. The van der Waals surface area contributed by atoms with E-state index < -0.39 is 17.1 Å². The van der Waals surface area contributed by atoms with Gasteiger partial charge in [-0.2, -0.15) is 0 Å². The smallest absolute Gasteiger partial charge is 0.335 e. The first kappa shape index (κ1) is 35.2. The summed E-state index contributed by atoms with van der Waals surface area (Å²) in [5.74, 6) is -0.532. The molecule has 2 heterocycles. The molecular formula is C37H50N2O6Si2. The number of anilines is 2. The molecule has 0 bridgehead atoms. The van der Waals surface area contributed by atoms with Crippen molar-refractivity contribution < 1.29 is 27.3 Å². The summed E-state index contributed by atoms with van der Waals surface area (Å²) < 4.78 is 28.3. The lowest BCUT2D eigenvalue weighted by atomic mass is 10.0. The minimum atomic E-state index is -2.77. The maximum atomic E-state index is 13.3. The summed E-state index contributed by atoms with van der Waals surface area (Å²) in [5.41, 5.74) is 3.87. The van der Waals surface area contributed by atoms with E-state index in [1.165, 1.54) is 0 Å². The highest BCUT2D eigenvalue weighted by Gasteiger charge is 2.60. The fraction of sp³-hybridized carbons (Fsp3) is 0.459. The second-order valence-corrected chi connectivity index (χ2v) is 22.8. The molecule has 2 aliphatic heterocycles. The van der Waals surface area contributed by atoms with E-state index >= 15 is 0 Å². The van der Waals surface area contributed by atoms with Gasteiger partial charge in [0.25, 0.3) is 11.8 Å². The second kappa shape index (κ2) is 14.6. The van der Waals surface area contributed by atoms with Crippen LogP contribution in [-0.4, -0.2) is 47.8 Å². The summed E-state index contributed by atoms with van der Waals surface area (Å²) in [5, 5.41) is 6.02. The standard InChI is InChI=1S/C37H50N2O6Si2/c1-24(2)46(25(3)4)42-23-35-34(44-47(45-46,26(5)6)27(7)8)22-33(43-35)30-19-20-31(38-36(40)28-15-11-9-12-16-28)32(21-30)39-37(41)29-17-13-10-14-18-29/h9-21,24-27,33-35H,22-23H2,1-8H3,(H,38,40)(H,39,41)/t33-,34+,35-/m1/s1. The summed E-state index contributed by atoms with van der Waals surface area (Å²) in [4.78, 5) is 26.4. The van der Waals surface area contributed by atoms with Gasteiger partial charge in [-0.3, -0.25) is 9.59 Å². The highest BCUT2D eigenvalue weighted by atomic mass is 28.5. The Morgan fingerprint density at radius 2 is 1.17 bits per heavy atom. The number of benzene rings is 3. The number of nitrogens with one attached hydrogen (secondary N) is 2. The number of hydrogen-bond donors (Lipinski definition) is 2. The molecule has 2 saturated heterocycles. The van der Waals surface area contributed by atoms with Gasteiger partial charge in [-0.25, -0.2) is 0 Å². The molecule has 10 heteroatoms. The average molecular weight is 675 g/mol. The topological polar surface area (TPSA) is 95.1 Å². The predicted molar refractivity (Wildman–Crippen MR) is 191 cm³/mol. The van der Waals surface area contributed by atoms with Crippen molar-refractivity contribution in [2.45, 2.75) is 102 Å². The Labute approximate surface area is 282 Å². The number of carbonyl (C=O) groups excluding carboxylic acids is 2. The summed E-state index contributed by atoms with van der Waals surface area (Å²) >= 11 is 0. The van der Waals surface area contributed by atoms with Gasteiger partial charge in [0, 0.05) is 17.5 Å². The molecular weight excluding hydrogens is 625 g/mol. The average Bonchev–Trinajstić information content (AvgIpc) is 3.43. The minimum absolute atomic E-state index is 0.192. The van der Waals surface area contributed by atoms with Crippen molar-refractivity contribution in [1.82, 2.24) is 0 Å². The van der Waals surface area contributed by atoms with E-state index in [4.69, 9.17) is 17.7 Å². The predicted octanol–water partition coefficient (Wildman–Crippen LogP) is 8.98. The molecule has 2 N–H and O–H groups in total. The summed E-state index contributed by atoms with van der Waals surface area (Å²) in [6, 6.07) is 23.7.